The van der Waals surface area contributed by atoms with Crippen LogP contribution in [0.25, 0.3) is 0 Å². The Hall–Kier alpha value is -1.62. The quantitative estimate of drug-likeness (QED) is 0.161. The summed E-state index contributed by atoms with van der Waals surface area (Å²) >= 11 is 0. The van der Waals surface area contributed by atoms with Crippen molar-refractivity contribution in [1.29, 1.82) is 0 Å². The summed E-state index contributed by atoms with van der Waals surface area (Å²) in [4.78, 5) is 61.0. The van der Waals surface area contributed by atoms with Gasteiger partial charge in [-0.1, -0.05) is 0 Å². The summed E-state index contributed by atoms with van der Waals surface area (Å²) in [6.45, 7) is 0. The molecule has 0 bridgehead atoms. The van der Waals surface area contributed by atoms with Gasteiger partial charge in [0.2, 0.25) is 0 Å². The standard InChI is InChI=1S/2C6H8O7.K.H/c2*7-3(8)1-6(13,5(11)12)2-4(9)10;;/h2*13H,1-2H2,(H,7,8)(H,9,10)(H,11,12);;. The summed E-state index contributed by atoms with van der Waals surface area (Å²) in [6, 6.07) is 0. The summed E-state index contributed by atoms with van der Waals surface area (Å²) in [5.74, 6) is -10.0. The normalized spacial score (nSPS) is 10.4. The second kappa shape index (κ2) is 12.7. The predicted octanol–water partition coefficient (Wildman–Crippen LogP) is -3.15. The molecule has 14 nitrogen and oxygen atoms in total. The summed E-state index contributed by atoms with van der Waals surface area (Å²) in [5, 5.41) is 67.6. The van der Waals surface area contributed by atoms with Gasteiger partial charge in [0.1, 0.15) is 0 Å². The SMILES string of the molecule is O=C(O)CC(O)(CC(=O)O)C(=O)O.O=C(O)CC(O)(CC(=O)O)C(=O)O.[KH]. The molecule has 0 aromatic heterocycles. The van der Waals surface area contributed by atoms with E-state index in [0.717, 1.165) is 0 Å². The molecular weight excluding hydrogens is 407 g/mol. The Bertz CT molecular complexity index is 513. The molecule has 0 radical (unpaired) electrons. The van der Waals surface area contributed by atoms with Crippen molar-refractivity contribution in [3.63, 3.8) is 0 Å². The van der Waals surface area contributed by atoms with Gasteiger partial charge in [-0.15, -0.1) is 0 Å². The molecule has 150 valence electrons. The fraction of sp³-hybridized carbons (Fsp3) is 0.500. The van der Waals surface area contributed by atoms with Crippen LogP contribution in [0.4, 0.5) is 0 Å². The summed E-state index contributed by atoms with van der Waals surface area (Å²) in [5.41, 5.74) is -5.48. The van der Waals surface area contributed by atoms with E-state index in [2.05, 4.69) is 0 Å². The molecule has 0 spiro atoms. The van der Waals surface area contributed by atoms with Crippen molar-refractivity contribution in [2.24, 2.45) is 0 Å². The zero-order chi connectivity index (χ0) is 21.3. The topological polar surface area (TPSA) is 264 Å². The van der Waals surface area contributed by atoms with E-state index >= 15 is 0 Å². The van der Waals surface area contributed by atoms with Gasteiger partial charge in [0, 0.05) is 0 Å². The van der Waals surface area contributed by atoms with Gasteiger partial charge in [-0.05, 0) is 0 Å². The maximum atomic E-state index is 10.3. The fourth-order valence-corrected chi connectivity index (χ4v) is 1.43. The zero-order valence-electron chi connectivity index (χ0n) is 12.9. The van der Waals surface area contributed by atoms with Crippen LogP contribution in [0.2, 0.25) is 0 Å². The minimum absolute atomic E-state index is 0. The van der Waals surface area contributed by atoms with Crippen LogP contribution in [0, 0.1) is 0 Å². The van der Waals surface area contributed by atoms with Crippen LogP contribution < -0.4 is 0 Å². The summed E-state index contributed by atoms with van der Waals surface area (Å²) in [6.07, 6.45) is -4.58. The van der Waals surface area contributed by atoms with Crippen LogP contribution in [0.1, 0.15) is 25.7 Å². The average molecular weight is 424 g/mol. The average Bonchev–Trinajstić information content (AvgIpc) is 2.34. The van der Waals surface area contributed by atoms with E-state index in [1.165, 1.54) is 0 Å². The van der Waals surface area contributed by atoms with Crippen molar-refractivity contribution in [2.75, 3.05) is 0 Å². The fourth-order valence-electron chi connectivity index (χ4n) is 1.43. The van der Waals surface area contributed by atoms with Crippen molar-refractivity contribution in [3.05, 3.63) is 0 Å². The molecule has 0 aliphatic heterocycles. The number of carboxylic acids is 6. The van der Waals surface area contributed by atoms with Gasteiger partial charge >= 0.3 is 87.2 Å². The molecule has 0 fully saturated rings. The molecule has 0 unspecified atom stereocenters. The number of hydrogen-bond acceptors (Lipinski definition) is 8. The molecule has 0 saturated heterocycles. The molecule has 8 N–H and O–H groups in total. The number of carboxylic acid groups (broad SMARTS) is 6. The summed E-state index contributed by atoms with van der Waals surface area (Å²) in [7, 11) is 0. The number of rotatable bonds is 10. The Morgan fingerprint density at radius 1 is 0.481 bits per heavy atom. The van der Waals surface area contributed by atoms with E-state index in [1.807, 2.05) is 0 Å². The third kappa shape index (κ3) is 13.2. The third-order valence-electron chi connectivity index (χ3n) is 2.57. The molecule has 0 saturated carbocycles. The molecular formula is C12H17KO14. The Morgan fingerprint density at radius 2 is 0.630 bits per heavy atom. The molecule has 0 aromatic rings. The van der Waals surface area contributed by atoms with Crippen molar-refractivity contribution in [3.8, 4) is 0 Å². The Labute approximate surface area is 192 Å². The molecule has 0 amide bonds. The second-order valence-electron chi connectivity index (χ2n) is 4.96. The number of hydrogen-bond donors (Lipinski definition) is 8. The summed E-state index contributed by atoms with van der Waals surface area (Å²) < 4.78 is 0. The number of aliphatic carboxylic acids is 6. The van der Waals surface area contributed by atoms with Crippen molar-refractivity contribution in [1.82, 2.24) is 0 Å². The first-order valence-corrected chi connectivity index (χ1v) is 6.34. The van der Waals surface area contributed by atoms with Gasteiger partial charge < -0.3 is 40.9 Å². The number of aliphatic hydroxyl groups is 2. The van der Waals surface area contributed by atoms with E-state index < -0.39 is 72.7 Å². The van der Waals surface area contributed by atoms with E-state index in [0.29, 0.717) is 0 Å². The monoisotopic (exact) mass is 424 g/mol. The molecule has 0 aliphatic rings. The van der Waals surface area contributed by atoms with Crippen LogP contribution in [0.5, 0.6) is 0 Å². The van der Waals surface area contributed by atoms with Crippen molar-refractivity contribution < 1.29 is 69.6 Å². The third-order valence-corrected chi connectivity index (χ3v) is 2.57. The Morgan fingerprint density at radius 3 is 0.704 bits per heavy atom. The van der Waals surface area contributed by atoms with Gasteiger partial charge in [0.05, 0.1) is 25.7 Å². The zero-order valence-corrected chi connectivity index (χ0v) is 12.9. The second-order valence-corrected chi connectivity index (χ2v) is 4.96. The van der Waals surface area contributed by atoms with Crippen LogP contribution in [0.3, 0.4) is 0 Å². The van der Waals surface area contributed by atoms with E-state index in [1.54, 1.807) is 0 Å². The van der Waals surface area contributed by atoms with Crippen LogP contribution >= 0.6 is 0 Å². The van der Waals surface area contributed by atoms with Crippen molar-refractivity contribution in [2.45, 2.75) is 36.9 Å². The van der Waals surface area contributed by atoms with E-state index in [9.17, 15) is 28.8 Å². The van der Waals surface area contributed by atoms with Crippen LogP contribution in [-0.4, -0.2) is 139 Å². The Balaban J connectivity index is -0.000000411. The minimum atomic E-state index is -2.74. The molecule has 0 heterocycles. The molecule has 15 heteroatoms. The van der Waals surface area contributed by atoms with Crippen LogP contribution in [0.15, 0.2) is 0 Å². The first-order chi connectivity index (χ1) is 11.6. The van der Waals surface area contributed by atoms with Crippen LogP contribution in [-0.2, 0) is 28.8 Å². The van der Waals surface area contributed by atoms with Gasteiger partial charge in [0.15, 0.2) is 11.2 Å². The van der Waals surface area contributed by atoms with E-state index in [-0.39, 0.29) is 51.4 Å². The first kappa shape index (κ1) is 30.1. The van der Waals surface area contributed by atoms with E-state index in [4.69, 9.17) is 40.9 Å². The number of carbonyl (C=O) groups is 6. The van der Waals surface area contributed by atoms with Gasteiger partial charge in [-0.2, -0.15) is 0 Å². The van der Waals surface area contributed by atoms with Gasteiger partial charge in [0.25, 0.3) is 0 Å². The van der Waals surface area contributed by atoms with Crippen molar-refractivity contribution >= 4 is 87.2 Å². The van der Waals surface area contributed by atoms with Gasteiger partial charge in [-0.3, -0.25) is 19.2 Å². The molecule has 0 aromatic carbocycles. The first-order valence-electron chi connectivity index (χ1n) is 6.34. The molecule has 0 atom stereocenters. The predicted molar refractivity (Wildman–Crippen MR) is 81.3 cm³/mol. The Kier molecular flexibility index (Phi) is 14.2. The maximum absolute atomic E-state index is 10.3. The molecule has 27 heavy (non-hydrogen) atoms. The molecule has 0 aliphatic carbocycles. The molecule has 0 rings (SSSR count). The van der Waals surface area contributed by atoms with Gasteiger partial charge in [-0.25, -0.2) is 9.59 Å².